The third-order valence-electron chi connectivity index (χ3n) is 2.84. The summed E-state index contributed by atoms with van der Waals surface area (Å²) >= 11 is 0. The molecule has 0 aliphatic carbocycles. The molecule has 0 saturated carbocycles. The van der Waals surface area contributed by atoms with Gasteiger partial charge in [-0.3, -0.25) is 0 Å². The molecule has 0 fully saturated rings. The fourth-order valence-electron chi connectivity index (χ4n) is 1.90. The molecular formula is C16H17FO. The summed E-state index contributed by atoms with van der Waals surface area (Å²) in [5.74, 6) is 1.20. The summed E-state index contributed by atoms with van der Waals surface area (Å²) in [4.78, 5) is 0. The van der Waals surface area contributed by atoms with Crippen LogP contribution in [-0.4, -0.2) is 0 Å². The Balaban J connectivity index is 2.34. The molecule has 94 valence electrons. The highest BCUT2D eigenvalue weighted by molar-refractivity contribution is 5.40. The average Bonchev–Trinajstić information content (AvgIpc) is 2.32. The maximum absolute atomic E-state index is 13.8. The Bertz CT molecular complexity index is 529. The van der Waals surface area contributed by atoms with Crippen molar-refractivity contribution in [2.45, 2.75) is 26.7 Å². The Labute approximate surface area is 107 Å². The highest BCUT2D eigenvalue weighted by Crippen LogP contribution is 2.32. The normalized spacial score (nSPS) is 10.7. The van der Waals surface area contributed by atoms with Crippen molar-refractivity contribution in [3.63, 3.8) is 0 Å². The van der Waals surface area contributed by atoms with Gasteiger partial charge in [-0.25, -0.2) is 4.39 Å². The van der Waals surface area contributed by atoms with Crippen molar-refractivity contribution in [3.8, 4) is 11.5 Å². The van der Waals surface area contributed by atoms with Gasteiger partial charge in [0.1, 0.15) is 17.3 Å². The predicted octanol–water partition coefficient (Wildman–Crippen LogP) is 5.05. The second-order valence-electron chi connectivity index (χ2n) is 4.72. The van der Waals surface area contributed by atoms with E-state index in [0.717, 1.165) is 5.75 Å². The Morgan fingerprint density at radius 3 is 2.28 bits per heavy atom. The zero-order valence-electron chi connectivity index (χ0n) is 10.9. The predicted molar refractivity (Wildman–Crippen MR) is 71.7 cm³/mol. The molecule has 2 aromatic rings. The summed E-state index contributed by atoms with van der Waals surface area (Å²) < 4.78 is 19.6. The number of hydrogen-bond donors (Lipinski definition) is 0. The lowest BCUT2D eigenvalue weighted by molar-refractivity contribution is 0.462. The van der Waals surface area contributed by atoms with Crippen LogP contribution >= 0.6 is 0 Å². The largest absolute Gasteiger partial charge is 0.457 e. The van der Waals surface area contributed by atoms with E-state index in [-0.39, 0.29) is 11.7 Å². The molecule has 0 atom stereocenters. The molecule has 0 amide bonds. The zero-order chi connectivity index (χ0) is 13.1. The van der Waals surface area contributed by atoms with Crippen LogP contribution in [0.3, 0.4) is 0 Å². The standard InChI is InChI=1S/C16H17FO/c1-11(2)16-14(17)5-4-6-15(16)18-13-9-7-12(3)8-10-13/h4-11H,1-3H3. The van der Waals surface area contributed by atoms with Crippen LogP contribution in [0.4, 0.5) is 4.39 Å². The van der Waals surface area contributed by atoms with Gasteiger partial charge in [-0.05, 0) is 37.1 Å². The van der Waals surface area contributed by atoms with Crippen LogP contribution in [0.1, 0.15) is 30.9 Å². The Hall–Kier alpha value is -1.83. The first-order valence-electron chi connectivity index (χ1n) is 6.11. The Morgan fingerprint density at radius 1 is 1.00 bits per heavy atom. The summed E-state index contributed by atoms with van der Waals surface area (Å²) in [7, 11) is 0. The average molecular weight is 244 g/mol. The lowest BCUT2D eigenvalue weighted by Crippen LogP contribution is -1.97. The van der Waals surface area contributed by atoms with Crippen molar-refractivity contribution < 1.29 is 9.13 Å². The lowest BCUT2D eigenvalue weighted by Gasteiger charge is -2.14. The molecule has 2 heteroatoms. The van der Waals surface area contributed by atoms with Gasteiger partial charge in [0.25, 0.3) is 0 Å². The molecule has 0 aliphatic rings. The van der Waals surface area contributed by atoms with Gasteiger partial charge in [-0.1, -0.05) is 37.6 Å². The third-order valence-corrected chi connectivity index (χ3v) is 2.84. The third kappa shape index (κ3) is 2.70. The number of halogens is 1. The van der Waals surface area contributed by atoms with E-state index in [1.807, 2.05) is 45.0 Å². The van der Waals surface area contributed by atoms with Crippen molar-refractivity contribution in [1.82, 2.24) is 0 Å². The van der Waals surface area contributed by atoms with Crippen molar-refractivity contribution in [3.05, 3.63) is 59.4 Å². The van der Waals surface area contributed by atoms with Gasteiger partial charge in [-0.2, -0.15) is 0 Å². The second kappa shape index (κ2) is 5.21. The quantitative estimate of drug-likeness (QED) is 0.734. The molecule has 18 heavy (non-hydrogen) atoms. The highest BCUT2D eigenvalue weighted by Gasteiger charge is 2.13. The van der Waals surface area contributed by atoms with Crippen LogP contribution < -0.4 is 4.74 Å². The number of rotatable bonds is 3. The van der Waals surface area contributed by atoms with Crippen LogP contribution in [0.15, 0.2) is 42.5 Å². The molecule has 0 spiro atoms. The first kappa shape index (κ1) is 12.6. The van der Waals surface area contributed by atoms with E-state index >= 15 is 0 Å². The molecule has 1 nitrogen and oxygen atoms in total. The molecule has 2 rings (SSSR count). The zero-order valence-corrected chi connectivity index (χ0v) is 10.9. The fraction of sp³-hybridized carbons (Fsp3) is 0.250. The molecule has 0 radical (unpaired) electrons. The summed E-state index contributed by atoms with van der Waals surface area (Å²) in [6, 6.07) is 12.7. The molecule has 0 aliphatic heterocycles. The maximum Gasteiger partial charge on any atom is 0.133 e. The smallest absolute Gasteiger partial charge is 0.133 e. The minimum absolute atomic E-state index is 0.0895. The van der Waals surface area contributed by atoms with E-state index in [4.69, 9.17) is 4.74 Å². The van der Waals surface area contributed by atoms with Crippen LogP contribution in [-0.2, 0) is 0 Å². The minimum Gasteiger partial charge on any atom is -0.457 e. The summed E-state index contributed by atoms with van der Waals surface area (Å²) in [5.41, 5.74) is 1.80. The van der Waals surface area contributed by atoms with Crippen molar-refractivity contribution in [2.75, 3.05) is 0 Å². The van der Waals surface area contributed by atoms with Crippen LogP contribution in [0, 0.1) is 12.7 Å². The Morgan fingerprint density at radius 2 is 1.67 bits per heavy atom. The van der Waals surface area contributed by atoms with Crippen LogP contribution in [0.5, 0.6) is 11.5 Å². The van der Waals surface area contributed by atoms with Gasteiger partial charge in [-0.15, -0.1) is 0 Å². The molecule has 0 aromatic heterocycles. The number of hydrogen-bond acceptors (Lipinski definition) is 1. The second-order valence-corrected chi connectivity index (χ2v) is 4.72. The van der Waals surface area contributed by atoms with Crippen LogP contribution in [0.25, 0.3) is 0 Å². The lowest BCUT2D eigenvalue weighted by atomic mass is 10.0. The van der Waals surface area contributed by atoms with E-state index in [1.165, 1.54) is 11.6 Å². The molecule has 2 aromatic carbocycles. The number of aryl methyl sites for hydroxylation is 1. The van der Waals surface area contributed by atoms with Crippen molar-refractivity contribution in [1.29, 1.82) is 0 Å². The van der Waals surface area contributed by atoms with Crippen molar-refractivity contribution in [2.24, 2.45) is 0 Å². The molecule has 0 unspecified atom stereocenters. The van der Waals surface area contributed by atoms with E-state index < -0.39 is 0 Å². The summed E-state index contributed by atoms with van der Waals surface area (Å²) in [6.07, 6.45) is 0. The van der Waals surface area contributed by atoms with Crippen LogP contribution in [0.2, 0.25) is 0 Å². The summed E-state index contributed by atoms with van der Waals surface area (Å²) in [6.45, 7) is 5.94. The van der Waals surface area contributed by atoms with E-state index in [9.17, 15) is 4.39 Å². The first-order valence-corrected chi connectivity index (χ1v) is 6.11. The SMILES string of the molecule is Cc1ccc(Oc2cccc(F)c2C(C)C)cc1. The van der Waals surface area contributed by atoms with Gasteiger partial charge in [0.2, 0.25) is 0 Å². The first-order chi connectivity index (χ1) is 8.58. The van der Waals surface area contributed by atoms with Gasteiger partial charge >= 0.3 is 0 Å². The van der Waals surface area contributed by atoms with E-state index in [2.05, 4.69) is 0 Å². The molecular weight excluding hydrogens is 227 g/mol. The van der Waals surface area contributed by atoms with Gasteiger partial charge < -0.3 is 4.74 Å². The van der Waals surface area contributed by atoms with Gasteiger partial charge in [0.15, 0.2) is 0 Å². The van der Waals surface area contributed by atoms with Crippen molar-refractivity contribution >= 4 is 0 Å². The van der Waals surface area contributed by atoms with E-state index in [1.54, 1.807) is 12.1 Å². The summed E-state index contributed by atoms with van der Waals surface area (Å²) in [5, 5.41) is 0. The van der Waals surface area contributed by atoms with Gasteiger partial charge in [0, 0.05) is 5.56 Å². The molecule has 0 saturated heterocycles. The van der Waals surface area contributed by atoms with Gasteiger partial charge in [0.05, 0.1) is 0 Å². The molecule has 0 N–H and O–H groups in total. The number of benzene rings is 2. The topological polar surface area (TPSA) is 9.23 Å². The monoisotopic (exact) mass is 244 g/mol. The fourth-order valence-corrected chi connectivity index (χ4v) is 1.90. The minimum atomic E-state index is -0.213. The molecule has 0 heterocycles. The van der Waals surface area contributed by atoms with E-state index in [0.29, 0.717) is 11.3 Å². The Kier molecular flexibility index (Phi) is 3.66. The highest BCUT2D eigenvalue weighted by atomic mass is 19.1. The maximum atomic E-state index is 13.8. The molecule has 0 bridgehead atoms. The number of ether oxygens (including phenoxy) is 1.